The summed E-state index contributed by atoms with van der Waals surface area (Å²) >= 11 is 3.89. The van der Waals surface area contributed by atoms with Crippen molar-refractivity contribution in [3.63, 3.8) is 0 Å². The molecule has 0 amide bonds. The molecule has 0 spiro atoms. The Hall–Kier alpha value is 0.480. The summed E-state index contributed by atoms with van der Waals surface area (Å²) in [6.45, 7) is 4.62. The van der Waals surface area contributed by atoms with Crippen LogP contribution in [0, 0.1) is 11.8 Å². The van der Waals surface area contributed by atoms with E-state index in [1.54, 1.807) is 0 Å². The fourth-order valence-electron chi connectivity index (χ4n) is 2.95. The van der Waals surface area contributed by atoms with E-state index in [1.165, 1.54) is 57.8 Å². The van der Waals surface area contributed by atoms with Gasteiger partial charge < -0.3 is 0 Å². The van der Waals surface area contributed by atoms with Gasteiger partial charge in [-0.2, -0.15) is 0 Å². The van der Waals surface area contributed by atoms with Crippen molar-refractivity contribution in [2.75, 3.05) is 0 Å². The molecule has 0 N–H and O–H groups in total. The van der Waals surface area contributed by atoms with E-state index in [0.717, 1.165) is 16.7 Å². The molecule has 15 heavy (non-hydrogen) atoms. The molecular formula is C14H27Br. The molecule has 0 bridgehead atoms. The van der Waals surface area contributed by atoms with Crippen molar-refractivity contribution in [1.82, 2.24) is 0 Å². The zero-order valence-electron chi connectivity index (χ0n) is 10.5. The van der Waals surface area contributed by atoms with Crippen LogP contribution >= 0.6 is 15.9 Å². The Morgan fingerprint density at radius 1 is 1.00 bits per heavy atom. The van der Waals surface area contributed by atoms with Crippen molar-refractivity contribution in [2.24, 2.45) is 11.8 Å². The fraction of sp³-hybridized carbons (Fsp3) is 1.00. The first-order valence-corrected chi connectivity index (χ1v) is 7.83. The number of halogens is 1. The van der Waals surface area contributed by atoms with Crippen molar-refractivity contribution < 1.29 is 0 Å². The minimum atomic E-state index is 0.822. The lowest BCUT2D eigenvalue weighted by atomic mass is 9.77. The predicted octanol–water partition coefficient (Wildman–Crippen LogP) is 5.55. The third kappa shape index (κ3) is 4.89. The molecule has 90 valence electrons. The molecule has 1 fully saturated rings. The lowest BCUT2D eigenvalue weighted by Crippen LogP contribution is -2.25. The molecule has 0 nitrogen and oxygen atoms in total. The number of alkyl halides is 1. The Bertz CT molecular complexity index is 155. The third-order valence-electron chi connectivity index (χ3n) is 3.87. The SMILES string of the molecule is CCCCCC1CC(CCC)CCC1Br. The molecular weight excluding hydrogens is 248 g/mol. The summed E-state index contributed by atoms with van der Waals surface area (Å²) in [5.41, 5.74) is 0. The maximum atomic E-state index is 3.89. The summed E-state index contributed by atoms with van der Waals surface area (Å²) in [6, 6.07) is 0. The zero-order valence-corrected chi connectivity index (χ0v) is 12.1. The van der Waals surface area contributed by atoms with Crippen molar-refractivity contribution in [3.05, 3.63) is 0 Å². The van der Waals surface area contributed by atoms with E-state index in [9.17, 15) is 0 Å². The highest BCUT2D eigenvalue weighted by Crippen LogP contribution is 2.38. The van der Waals surface area contributed by atoms with Crippen molar-refractivity contribution in [2.45, 2.75) is 76.5 Å². The molecule has 1 aliphatic rings. The normalized spacial score (nSPS) is 31.8. The number of unbranched alkanes of at least 4 members (excludes halogenated alkanes) is 2. The van der Waals surface area contributed by atoms with Crippen LogP contribution in [-0.2, 0) is 0 Å². The van der Waals surface area contributed by atoms with Gasteiger partial charge in [-0.15, -0.1) is 0 Å². The average Bonchev–Trinajstić information content (AvgIpc) is 2.23. The first kappa shape index (κ1) is 13.5. The summed E-state index contributed by atoms with van der Waals surface area (Å²) in [6.07, 6.45) is 12.9. The maximum absolute atomic E-state index is 3.89. The average molecular weight is 275 g/mol. The van der Waals surface area contributed by atoms with E-state index in [0.29, 0.717) is 0 Å². The zero-order chi connectivity index (χ0) is 11.1. The summed E-state index contributed by atoms with van der Waals surface area (Å²) in [7, 11) is 0. The Labute approximate surface area is 104 Å². The smallest absolute Gasteiger partial charge is 0.0174 e. The highest BCUT2D eigenvalue weighted by molar-refractivity contribution is 9.09. The van der Waals surface area contributed by atoms with E-state index in [4.69, 9.17) is 0 Å². The molecule has 0 aliphatic heterocycles. The van der Waals surface area contributed by atoms with Gasteiger partial charge in [0.15, 0.2) is 0 Å². The molecule has 1 heteroatoms. The lowest BCUT2D eigenvalue weighted by molar-refractivity contribution is 0.249. The number of hydrogen-bond donors (Lipinski definition) is 0. The third-order valence-corrected chi connectivity index (χ3v) is 5.08. The second kappa shape index (κ2) is 7.70. The largest absolute Gasteiger partial charge is 0.0888 e. The number of rotatable bonds is 6. The van der Waals surface area contributed by atoms with E-state index >= 15 is 0 Å². The first-order valence-electron chi connectivity index (χ1n) is 6.92. The summed E-state index contributed by atoms with van der Waals surface area (Å²) in [5.74, 6) is 2.01. The van der Waals surface area contributed by atoms with Crippen LogP contribution in [0.3, 0.4) is 0 Å². The number of hydrogen-bond acceptors (Lipinski definition) is 0. The lowest BCUT2D eigenvalue weighted by Gasteiger charge is -2.33. The Balaban J connectivity index is 2.26. The monoisotopic (exact) mass is 274 g/mol. The van der Waals surface area contributed by atoms with E-state index in [2.05, 4.69) is 29.8 Å². The van der Waals surface area contributed by atoms with Crippen LogP contribution in [-0.4, -0.2) is 4.83 Å². The van der Waals surface area contributed by atoms with Crippen LogP contribution in [0.1, 0.15) is 71.6 Å². The Morgan fingerprint density at radius 2 is 1.80 bits per heavy atom. The Kier molecular flexibility index (Phi) is 6.96. The van der Waals surface area contributed by atoms with Gasteiger partial charge in [0.25, 0.3) is 0 Å². The quantitative estimate of drug-likeness (QED) is 0.440. The standard InChI is InChI=1S/C14H27Br/c1-3-5-6-8-13-11-12(7-4-2)9-10-14(13)15/h12-14H,3-11H2,1-2H3. The first-order chi connectivity index (χ1) is 7.27. The molecule has 3 atom stereocenters. The molecule has 3 unspecified atom stereocenters. The molecule has 1 aliphatic carbocycles. The van der Waals surface area contributed by atoms with Gasteiger partial charge in [0.1, 0.15) is 0 Å². The topological polar surface area (TPSA) is 0 Å². The van der Waals surface area contributed by atoms with E-state index < -0.39 is 0 Å². The van der Waals surface area contributed by atoms with E-state index in [1.807, 2.05) is 0 Å². The van der Waals surface area contributed by atoms with Crippen molar-refractivity contribution >= 4 is 15.9 Å². The van der Waals surface area contributed by atoms with Crippen LogP contribution < -0.4 is 0 Å². The van der Waals surface area contributed by atoms with Crippen molar-refractivity contribution in [1.29, 1.82) is 0 Å². The van der Waals surface area contributed by atoms with Crippen LogP contribution in [0.5, 0.6) is 0 Å². The summed E-state index contributed by atoms with van der Waals surface area (Å²) < 4.78 is 0. The minimum absolute atomic E-state index is 0.822. The van der Waals surface area contributed by atoms with Gasteiger partial charge in [0, 0.05) is 4.83 Å². The molecule has 1 rings (SSSR count). The van der Waals surface area contributed by atoms with Gasteiger partial charge in [0.2, 0.25) is 0 Å². The second-order valence-corrected chi connectivity index (χ2v) is 6.42. The summed E-state index contributed by atoms with van der Waals surface area (Å²) in [4.78, 5) is 0.822. The molecule has 1 saturated carbocycles. The molecule has 0 saturated heterocycles. The van der Waals surface area contributed by atoms with Crippen molar-refractivity contribution in [3.8, 4) is 0 Å². The molecule has 0 heterocycles. The van der Waals surface area contributed by atoms with Crippen LogP contribution in [0.15, 0.2) is 0 Å². The molecule has 0 aromatic heterocycles. The maximum Gasteiger partial charge on any atom is 0.0174 e. The summed E-state index contributed by atoms with van der Waals surface area (Å²) in [5, 5.41) is 0. The van der Waals surface area contributed by atoms with Crippen LogP contribution in [0.4, 0.5) is 0 Å². The van der Waals surface area contributed by atoms with Gasteiger partial charge in [-0.1, -0.05) is 61.9 Å². The predicted molar refractivity (Wildman–Crippen MR) is 72.6 cm³/mol. The van der Waals surface area contributed by atoms with Gasteiger partial charge in [-0.3, -0.25) is 0 Å². The Morgan fingerprint density at radius 3 is 2.47 bits per heavy atom. The highest BCUT2D eigenvalue weighted by atomic mass is 79.9. The fourth-order valence-corrected chi connectivity index (χ4v) is 3.69. The van der Waals surface area contributed by atoms with Gasteiger partial charge in [0.05, 0.1) is 0 Å². The van der Waals surface area contributed by atoms with Gasteiger partial charge >= 0.3 is 0 Å². The highest BCUT2D eigenvalue weighted by Gasteiger charge is 2.27. The molecule has 0 radical (unpaired) electrons. The van der Waals surface area contributed by atoms with Gasteiger partial charge in [-0.25, -0.2) is 0 Å². The van der Waals surface area contributed by atoms with Gasteiger partial charge in [-0.05, 0) is 37.5 Å². The van der Waals surface area contributed by atoms with E-state index in [-0.39, 0.29) is 0 Å². The second-order valence-electron chi connectivity index (χ2n) is 5.24. The van der Waals surface area contributed by atoms with Crippen LogP contribution in [0.2, 0.25) is 0 Å². The molecule has 0 aromatic rings. The van der Waals surface area contributed by atoms with Crippen LogP contribution in [0.25, 0.3) is 0 Å². The molecule has 0 aromatic carbocycles. The minimum Gasteiger partial charge on any atom is -0.0888 e.